The van der Waals surface area contributed by atoms with Gasteiger partial charge in [-0.2, -0.15) is 0 Å². The lowest BCUT2D eigenvalue weighted by atomic mass is 10.00. The zero-order valence-electron chi connectivity index (χ0n) is 15.0. The Bertz CT molecular complexity index is 730. The standard InChI is InChI=1S/C21H26N2O.ClH/c1-22-12-13-23(2)21(24)9-5-6-16-10-11-18-15-17-7-3-4-8-19(17)20(18)14-16;/h3-4,7-8,10-11,14,22H,5-6,9,12-13,15H2,1-2H3;1H. The van der Waals surface area contributed by atoms with Gasteiger partial charge in [0, 0.05) is 26.6 Å². The molecule has 1 N–H and O–H groups in total. The van der Waals surface area contributed by atoms with Crippen LogP contribution in [0.3, 0.4) is 0 Å². The number of benzene rings is 2. The topological polar surface area (TPSA) is 32.3 Å². The van der Waals surface area contributed by atoms with Crippen LogP contribution in [0.1, 0.15) is 29.5 Å². The first-order valence-electron chi connectivity index (χ1n) is 8.77. The molecule has 4 heteroatoms. The zero-order chi connectivity index (χ0) is 16.9. The maximum Gasteiger partial charge on any atom is 0.222 e. The summed E-state index contributed by atoms with van der Waals surface area (Å²) in [6.07, 6.45) is 3.53. The van der Waals surface area contributed by atoms with Gasteiger partial charge in [0.2, 0.25) is 5.91 Å². The van der Waals surface area contributed by atoms with Gasteiger partial charge in [-0.25, -0.2) is 0 Å². The van der Waals surface area contributed by atoms with E-state index in [0.717, 1.165) is 32.4 Å². The Morgan fingerprint density at radius 1 is 1.12 bits per heavy atom. The summed E-state index contributed by atoms with van der Waals surface area (Å²) in [6.45, 7) is 1.61. The monoisotopic (exact) mass is 358 g/mol. The van der Waals surface area contributed by atoms with E-state index in [2.05, 4.69) is 47.8 Å². The van der Waals surface area contributed by atoms with Crippen LogP contribution in [-0.2, 0) is 17.6 Å². The molecule has 0 unspecified atom stereocenters. The van der Waals surface area contributed by atoms with Crippen molar-refractivity contribution >= 4 is 18.3 Å². The number of rotatable bonds is 7. The van der Waals surface area contributed by atoms with Gasteiger partial charge in [-0.3, -0.25) is 4.79 Å². The van der Waals surface area contributed by atoms with Gasteiger partial charge in [-0.15, -0.1) is 12.4 Å². The molecule has 0 heterocycles. The molecule has 1 aliphatic rings. The second kappa shape index (κ2) is 9.02. The first-order valence-corrected chi connectivity index (χ1v) is 8.77. The van der Waals surface area contributed by atoms with E-state index in [9.17, 15) is 4.79 Å². The molecule has 0 aromatic heterocycles. The van der Waals surface area contributed by atoms with Crippen molar-refractivity contribution in [2.45, 2.75) is 25.7 Å². The summed E-state index contributed by atoms with van der Waals surface area (Å²) in [5, 5.41) is 3.07. The molecule has 2 aromatic carbocycles. The highest BCUT2D eigenvalue weighted by Crippen LogP contribution is 2.36. The largest absolute Gasteiger partial charge is 0.344 e. The molecule has 25 heavy (non-hydrogen) atoms. The van der Waals surface area contributed by atoms with Crippen LogP contribution in [0.4, 0.5) is 0 Å². The number of aryl methyl sites for hydroxylation is 1. The number of nitrogens with one attached hydrogen (secondary N) is 1. The van der Waals surface area contributed by atoms with Crippen molar-refractivity contribution in [1.82, 2.24) is 10.2 Å². The lowest BCUT2D eigenvalue weighted by Crippen LogP contribution is -2.32. The van der Waals surface area contributed by atoms with Crippen molar-refractivity contribution in [3.63, 3.8) is 0 Å². The van der Waals surface area contributed by atoms with Crippen molar-refractivity contribution in [2.75, 3.05) is 27.2 Å². The van der Waals surface area contributed by atoms with E-state index < -0.39 is 0 Å². The van der Waals surface area contributed by atoms with Gasteiger partial charge in [0.05, 0.1) is 0 Å². The second-order valence-corrected chi connectivity index (χ2v) is 6.60. The molecular weight excluding hydrogens is 332 g/mol. The summed E-state index contributed by atoms with van der Waals surface area (Å²) < 4.78 is 0. The highest BCUT2D eigenvalue weighted by Gasteiger charge is 2.17. The van der Waals surface area contributed by atoms with E-state index in [1.165, 1.54) is 27.8 Å². The van der Waals surface area contributed by atoms with Crippen LogP contribution in [0.2, 0.25) is 0 Å². The molecule has 0 spiro atoms. The molecule has 0 bridgehead atoms. The molecule has 134 valence electrons. The Hall–Kier alpha value is -1.84. The van der Waals surface area contributed by atoms with Gasteiger partial charge in [0.15, 0.2) is 0 Å². The fraction of sp³-hybridized carbons (Fsp3) is 0.381. The molecule has 1 amide bonds. The van der Waals surface area contributed by atoms with Crippen molar-refractivity contribution in [3.05, 3.63) is 59.2 Å². The first kappa shape index (κ1) is 19.5. The van der Waals surface area contributed by atoms with Crippen molar-refractivity contribution in [1.29, 1.82) is 0 Å². The molecule has 1 aliphatic carbocycles. The lowest BCUT2D eigenvalue weighted by molar-refractivity contribution is -0.129. The quantitative estimate of drug-likeness (QED) is 0.698. The summed E-state index contributed by atoms with van der Waals surface area (Å²) >= 11 is 0. The number of hydrogen-bond donors (Lipinski definition) is 1. The SMILES string of the molecule is CNCCN(C)C(=O)CCCc1ccc2c(c1)-c1ccccc1C2.Cl. The highest BCUT2D eigenvalue weighted by molar-refractivity contribution is 5.85. The number of fused-ring (bicyclic) bond motifs is 3. The van der Waals surface area contributed by atoms with Crippen LogP contribution in [0, 0.1) is 0 Å². The smallest absolute Gasteiger partial charge is 0.222 e. The van der Waals surface area contributed by atoms with Gasteiger partial charge < -0.3 is 10.2 Å². The third-order valence-electron chi connectivity index (χ3n) is 4.84. The van der Waals surface area contributed by atoms with E-state index in [-0.39, 0.29) is 18.3 Å². The summed E-state index contributed by atoms with van der Waals surface area (Å²) in [5.41, 5.74) is 6.92. The number of halogens is 1. The van der Waals surface area contributed by atoms with Gasteiger partial charge in [0.25, 0.3) is 0 Å². The summed E-state index contributed by atoms with van der Waals surface area (Å²) in [7, 11) is 3.79. The Labute approximate surface area is 156 Å². The van der Waals surface area contributed by atoms with Gasteiger partial charge in [0.1, 0.15) is 0 Å². The van der Waals surface area contributed by atoms with Crippen LogP contribution in [0.25, 0.3) is 11.1 Å². The van der Waals surface area contributed by atoms with E-state index in [4.69, 9.17) is 0 Å². The van der Waals surface area contributed by atoms with Crippen LogP contribution in [0.15, 0.2) is 42.5 Å². The summed E-state index contributed by atoms with van der Waals surface area (Å²) in [6, 6.07) is 15.4. The maximum absolute atomic E-state index is 12.1. The van der Waals surface area contributed by atoms with Gasteiger partial charge in [-0.1, -0.05) is 42.5 Å². The highest BCUT2D eigenvalue weighted by atomic mass is 35.5. The molecular formula is C21H27ClN2O. The van der Waals surface area contributed by atoms with Crippen molar-refractivity contribution in [3.8, 4) is 11.1 Å². The zero-order valence-corrected chi connectivity index (χ0v) is 15.9. The first-order chi connectivity index (χ1) is 11.7. The third-order valence-corrected chi connectivity index (χ3v) is 4.84. The predicted octanol–water partition coefficient (Wildman–Crippen LogP) is 3.68. The van der Waals surface area contributed by atoms with E-state index in [1.807, 2.05) is 19.0 Å². The van der Waals surface area contributed by atoms with E-state index in [1.54, 1.807) is 0 Å². The van der Waals surface area contributed by atoms with Gasteiger partial charge in [-0.05, 0) is 54.1 Å². The van der Waals surface area contributed by atoms with E-state index in [0.29, 0.717) is 6.42 Å². The minimum atomic E-state index is 0. The molecule has 3 nitrogen and oxygen atoms in total. The number of carbonyl (C=O) groups is 1. The summed E-state index contributed by atoms with van der Waals surface area (Å²) in [5.74, 6) is 0.233. The molecule has 0 saturated heterocycles. The van der Waals surface area contributed by atoms with Crippen molar-refractivity contribution in [2.24, 2.45) is 0 Å². The van der Waals surface area contributed by atoms with E-state index >= 15 is 0 Å². The molecule has 2 aromatic rings. The molecule has 0 saturated carbocycles. The van der Waals surface area contributed by atoms with Crippen LogP contribution >= 0.6 is 12.4 Å². The van der Waals surface area contributed by atoms with Gasteiger partial charge >= 0.3 is 0 Å². The number of amides is 1. The normalized spacial score (nSPS) is 11.4. The second-order valence-electron chi connectivity index (χ2n) is 6.60. The minimum Gasteiger partial charge on any atom is -0.344 e. The van der Waals surface area contributed by atoms with Crippen LogP contribution < -0.4 is 5.32 Å². The Morgan fingerprint density at radius 3 is 2.68 bits per heavy atom. The predicted molar refractivity (Wildman–Crippen MR) is 106 cm³/mol. The average Bonchev–Trinajstić information content (AvgIpc) is 2.97. The third kappa shape index (κ3) is 4.62. The molecule has 0 aliphatic heterocycles. The molecule has 0 fully saturated rings. The fourth-order valence-electron chi connectivity index (χ4n) is 3.37. The Kier molecular flexibility index (Phi) is 7.03. The number of hydrogen-bond acceptors (Lipinski definition) is 2. The van der Waals surface area contributed by atoms with Crippen LogP contribution in [-0.4, -0.2) is 38.0 Å². The maximum atomic E-state index is 12.1. The molecule has 3 rings (SSSR count). The minimum absolute atomic E-state index is 0. The molecule has 0 radical (unpaired) electrons. The molecule has 0 atom stereocenters. The summed E-state index contributed by atoms with van der Waals surface area (Å²) in [4.78, 5) is 13.9. The van der Waals surface area contributed by atoms with Crippen molar-refractivity contribution < 1.29 is 4.79 Å². The fourth-order valence-corrected chi connectivity index (χ4v) is 3.37. The Balaban J connectivity index is 0.00000225. The average molecular weight is 359 g/mol. The number of carbonyl (C=O) groups excluding carboxylic acids is 1. The Morgan fingerprint density at radius 2 is 1.88 bits per heavy atom. The van der Waals surface area contributed by atoms with Crippen LogP contribution in [0.5, 0.6) is 0 Å². The number of nitrogens with zero attached hydrogens (tertiary/aromatic N) is 1. The lowest BCUT2D eigenvalue weighted by Gasteiger charge is -2.16. The number of likely N-dealkylation sites (N-methyl/N-ethyl adjacent to an activating group) is 2.